The third-order valence-electron chi connectivity index (χ3n) is 1.21. The number of nitrogens with one attached hydrogen (secondary N) is 2. The average Bonchev–Trinajstić information content (AvgIpc) is 1.98. The summed E-state index contributed by atoms with van der Waals surface area (Å²) in [7, 11) is 1.79. The molecule has 0 aromatic rings. The van der Waals surface area contributed by atoms with Crippen molar-refractivity contribution >= 4 is 6.29 Å². The molecule has 3 nitrogen and oxygen atoms in total. The summed E-state index contributed by atoms with van der Waals surface area (Å²) < 4.78 is 0. The lowest BCUT2D eigenvalue weighted by molar-refractivity contribution is -0.108. The molecule has 0 fully saturated rings. The molecule has 0 bridgehead atoms. The second-order valence-corrected chi connectivity index (χ2v) is 1.98. The first-order valence-electron chi connectivity index (χ1n) is 3.33. The maximum absolute atomic E-state index is 9.95. The van der Waals surface area contributed by atoms with Gasteiger partial charge in [0.05, 0.1) is 0 Å². The molecular weight excluding hydrogens is 128 g/mol. The molecule has 0 aliphatic carbocycles. The molecule has 0 aromatic heterocycles. The molecule has 0 radical (unpaired) electrons. The van der Waals surface area contributed by atoms with Crippen molar-refractivity contribution in [2.75, 3.05) is 7.05 Å². The Hall–Kier alpha value is -0.670. The van der Waals surface area contributed by atoms with Crippen LogP contribution in [0.25, 0.3) is 0 Å². The van der Waals surface area contributed by atoms with Gasteiger partial charge in [-0.25, -0.2) is 0 Å². The van der Waals surface area contributed by atoms with Gasteiger partial charge in [-0.15, -0.1) is 6.58 Å². The van der Waals surface area contributed by atoms with Crippen LogP contribution in [0.5, 0.6) is 0 Å². The van der Waals surface area contributed by atoms with E-state index in [9.17, 15) is 4.79 Å². The van der Waals surface area contributed by atoms with E-state index in [0.717, 1.165) is 12.7 Å². The van der Waals surface area contributed by atoms with E-state index in [-0.39, 0.29) is 6.04 Å². The van der Waals surface area contributed by atoms with Crippen molar-refractivity contribution in [2.24, 2.45) is 0 Å². The van der Waals surface area contributed by atoms with Gasteiger partial charge in [-0.2, -0.15) is 0 Å². The van der Waals surface area contributed by atoms with E-state index in [0.29, 0.717) is 6.42 Å². The molecule has 0 spiro atoms. The maximum Gasteiger partial charge on any atom is 0.120 e. The highest BCUT2D eigenvalue weighted by molar-refractivity contribution is 5.49. The molecule has 1 atom stereocenters. The fraction of sp³-hybridized carbons (Fsp3) is 0.571. The lowest BCUT2D eigenvalue weighted by Gasteiger charge is -2.10. The van der Waals surface area contributed by atoms with Crippen LogP contribution in [0.3, 0.4) is 0 Å². The monoisotopic (exact) mass is 142 g/mol. The van der Waals surface area contributed by atoms with E-state index in [1.165, 1.54) is 0 Å². The summed E-state index contributed by atoms with van der Waals surface area (Å²) in [4.78, 5) is 9.95. The molecule has 0 rings (SSSR count). The van der Waals surface area contributed by atoms with E-state index in [1.54, 1.807) is 13.1 Å². The molecule has 0 saturated carbocycles. The Labute approximate surface area is 61.5 Å². The fourth-order valence-electron chi connectivity index (χ4n) is 0.682. The summed E-state index contributed by atoms with van der Waals surface area (Å²) >= 11 is 0. The van der Waals surface area contributed by atoms with Gasteiger partial charge in [0.15, 0.2) is 0 Å². The first-order chi connectivity index (χ1) is 4.85. The minimum Gasteiger partial charge on any atom is -0.303 e. The highest BCUT2D eigenvalue weighted by Gasteiger charge is 1.98. The van der Waals surface area contributed by atoms with Gasteiger partial charge < -0.3 is 4.79 Å². The smallest absolute Gasteiger partial charge is 0.120 e. The molecule has 0 aliphatic heterocycles. The predicted molar refractivity (Wildman–Crippen MR) is 41.5 cm³/mol. The highest BCUT2D eigenvalue weighted by Crippen LogP contribution is 1.93. The van der Waals surface area contributed by atoms with Crippen LogP contribution in [0, 0.1) is 0 Å². The van der Waals surface area contributed by atoms with Gasteiger partial charge in [-0.05, 0) is 13.5 Å². The van der Waals surface area contributed by atoms with E-state index in [4.69, 9.17) is 0 Å². The summed E-state index contributed by atoms with van der Waals surface area (Å²) in [5.41, 5.74) is 5.73. The van der Waals surface area contributed by atoms with Gasteiger partial charge in [0.1, 0.15) is 6.29 Å². The Morgan fingerprint density at radius 3 is 2.80 bits per heavy atom. The number of carbonyl (C=O) groups is 1. The van der Waals surface area contributed by atoms with Crippen molar-refractivity contribution in [1.29, 1.82) is 0 Å². The second kappa shape index (κ2) is 6.45. The van der Waals surface area contributed by atoms with Crippen LogP contribution in [0.1, 0.15) is 12.8 Å². The van der Waals surface area contributed by atoms with Crippen molar-refractivity contribution in [2.45, 2.75) is 18.9 Å². The van der Waals surface area contributed by atoms with Crippen molar-refractivity contribution in [3.63, 3.8) is 0 Å². The summed E-state index contributed by atoms with van der Waals surface area (Å²) in [6.45, 7) is 3.61. The molecular formula is C7H14N2O. The van der Waals surface area contributed by atoms with E-state index in [2.05, 4.69) is 17.4 Å². The molecule has 0 amide bonds. The molecule has 3 heteroatoms. The molecule has 0 heterocycles. The molecule has 2 N–H and O–H groups in total. The first kappa shape index (κ1) is 9.33. The minimum absolute atomic E-state index is 0.190. The SMILES string of the molecule is C=CC(CCC=O)NNC. The Morgan fingerprint density at radius 2 is 2.40 bits per heavy atom. The molecule has 10 heavy (non-hydrogen) atoms. The van der Waals surface area contributed by atoms with Crippen molar-refractivity contribution in [1.82, 2.24) is 10.9 Å². The third-order valence-corrected chi connectivity index (χ3v) is 1.21. The maximum atomic E-state index is 9.95. The highest BCUT2D eigenvalue weighted by atomic mass is 16.1. The first-order valence-corrected chi connectivity index (χ1v) is 3.33. The Kier molecular flexibility index (Phi) is 6.02. The van der Waals surface area contributed by atoms with Crippen molar-refractivity contribution < 1.29 is 4.79 Å². The van der Waals surface area contributed by atoms with Gasteiger partial charge in [0, 0.05) is 12.5 Å². The van der Waals surface area contributed by atoms with Crippen LogP contribution in [0.2, 0.25) is 0 Å². The van der Waals surface area contributed by atoms with Gasteiger partial charge in [-0.3, -0.25) is 10.9 Å². The molecule has 0 saturated heterocycles. The zero-order valence-electron chi connectivity index (χ0n) is 6.26. The number of carbonyl (C=O) groups excluding carboxylic acids is 1. The zero-order chi connectivity index (χ0) is 7.82. The third kappa shape index (κ3) is 4.23. The van der Waals surface area contributed by atoms with Crippen LogP contribution in [0.15, 0.2) is 12.7 Å². The Bertz CT molecular complexity index is 104. The number of rotatable bonds is 6. The average molecular weight is 142 g/mol. The summed E-state index contributed by atoms with van der Waals surface area (Å²) in [5.74, 6) is 0. The van der Waals surface area contributed by atoms with Crippen molar-refractivity contribution in [3.8, 4) is 0 Å². The molecule has 58 valence electrons. The second-order valence-electron chi connectivity index (χ2n) is 1.98. The largest absolute Gasteiger partial charge is 0.303 e. The fourth-order valence-corrected chi connectivity index (χ4v) is 0.682. The molecule has 0 aromatic carbocycles. The van der Waals surface area contributed by atoms with Gasteiger partial charge in [0.2, 0.25) is 0 Å². The Balaban J connectivity index is 3.38. The van der Waals surface area contributed by atoms with Crippen LogP contribution < -0.4 is 10.9 Å². The summed E-state index contributed by atoms with van der Waals surface area (Å²) in [6.07, 6.45) is 4.06. The Morgan fingerprint density at radius 1 is 1.70 bits per heavy atom. The minimum atomic E-state index is 0.190. The standard InChI is InChI=1S/C7H14N2O/c1-3-7(9-8-2)5-4-6-10/h3,6-9H,1,4-5H2,2H3. The number of aldehydes is 1. The van der Waals surface area contributed by atoms with Crippen LogP contribution >= 0.6 is 0 Å². The van der Waals surface area contributed by atoms with Crippen molar-refractivity contribution in [3.05, 3.63) is 12.7 Å². The van der Waals surface area contributed by atoms with E-state index >= 15 is 0 Å². The normalized spacial score (nSPS) is 12.5. The van der Waals surface area contributed by atoms with Gasteiger partial charge >= 0.3 is 0 Å². The van der Waals surface area contributed by atoms with Crippen LogP contribution in [-0.4, -0.2) is 19.4 Å². The van der Waals surface area contributed by atoms with E-state index in [1.807, 2.05) is 0 Å². The number of hydrazine groups is 1. The van der Waals surface area contributed by atoms with Gasteiger partial charge in [-0.1, -0.05) is 6.08 Å². The lowest BCUT2D eigenvalue weighted by Crippen LogP contribution is -2.36. The van der Waals surface area contributed by atoms with Crippen LogP contribution in [-0.2, 0) is 4.79 Å². The quantitative estimate of drug-likeness (QED) is 0.317. The number of hydrogen-bond acceptors (Lipinski definition) is 3. The molecule has 1 unspecified atom stereocenters. The summed E-state index contributed by atoms with van der Waals surface area (Å²) in [5, 5.41) is 0. The van der Waals surface area contributed by atoms with Gasteiger partial charge in [0.25, 0.3) is 0 Å². The number of hydrogen-bond donors (Lipinski definition) is 2. The molecule has 0 aliphatic rings. The topological polar surface area (TPSA) is 41.1 Å². The van der Waals surface area contributed by atoms with Crippen LogP contribution in [0.4, 0.5) is 0 Å². The van der Waals surface area contributed by atoms with E-state index < -0.39 is 0 Å². The zero-order valence-corrected chi connectivity index (χ0v) is 6.26. The lowest BCUT2D eigenvalue weighted by atomic mass is 10.2. The predicted octanol–water partition coefficient (Wildman–Crippen LogP) is 0.244. The summed E-state index contributed by atoms with van der Waals surface area (Å²) in [6, 6.07) is 0.190.